The summed E-state index contributed by atoms with van der Waals surface area (Å²) < 4.78 is 0. The van der Waals surface area contributed by atoms with Crippen molar-refractivity contribution in [1.82, 2.24) is 5.32 Å². The summed E-state index contributed by atoms with van der Waals surface area (Å²) >= 11 is 0. The summed E-state index contributed by atoms with van der Waals surface area (Å²) in [5.41, 5.74) is 5.70. The van der Waals surface area contributed by atoms with Gasteiger partial charge in [-0.1, -0.05) is 48.5 Å². The lowest BCUT2D eigenvalue weighted by molar-refractivity contribution is -0.159. The molecule has 0 radical (unpaired) electrons. The highest BCUT2D eigenvalue weighted by molar-refractivity contribution is 6.27. The molecule has 2 aliphatic rings. The van der Waals surface area contributed by atoms with Crippen molar-refractivity contribution in [3.8, 4) is 0 Å². The Morgan fingerprint density at radius 1 is 0.739 bits per heavy atom. The van der Waals surface area contributed by atoms with Crippen LogP contribution >= 0.6 is 0 Å². The first kappa shape index (κ1) is 15.2. The number of benzene rings is 2. The van der Waals surface area contributed by atoms with E-state index in [1.165, 1.54) is 22.3 Å². The van der Waals surface area contributed by atoms with Gasteiger partial charge in [0, 0.05) is 0 Å². The van der Waals surface area contributed by atoms with Gasteiger partial charge in [0.05, 0.1) is 11.1 Å². The third-order valence-electron chi connectivity index (χ3n) is 4.69. The predicted octanol–water partition coefficient (Wildman–Crippen LogP) is 2.29. The van der Waals surface area contributed by atoms with Gasteiger partial charge < -0.3 is 10.2 Å². The second kappa shape index (κ2) is 4.93. The number of hydrogen-bond donors (Lipinski definition) is 3. The molecule has 3 N–H and O–H groups in total. The molecule has 0 saturated carbocycles. The normalized spacial score (nSPS) is 25.8. The molecule has 2 bridgehead atoms. The van der Waals surface area contributed by atoms with E-state index in [0.29, 0.717) is 0 Å². The van der Waals surface area contributed by atoms with E-state index in [1.807, 2.05) is 0 Å². The fourth-order valence-corrected chi connectivity index (χ4v) is 3.77. The monoisotopic (exact) mass is 311 g/mol. The van der Waals surface area contributed by atoms with Gasteiger partial charge in [0.25, 0.3) is 0 Å². The Labute approximate surface area is 133 Å². The van der Waals surface area contributed by atoms with E-state index in [4.69, 9.17) is 19.8 Å². The molecule has 0 spiro atoms. The Morgan fingerprint density at radius 2 is 1.00 bits per heavy atom. The Kier molecular flexibility index (Phi) is 3.26. The summed E-state index contributed by atoms with van der Waals surface area (Å²) in [6, 6.07) is 17.6. The number of fused-ring (bicyclic) bond motifs is 8. The molecular formula is C18H17NO4. The summed E-state index contributed by atoms with van der Waals surface area (Å²) in [6.07, 6.45) is 0. The van der Waals surface area contributed by atoms with E-state index >= 15 is 0 Å². The second-order valence-corrected chi connectivity index (χ2v) is 6.08. The molecule has 2 aromatic carbocycles. The predicted molar refractivity (Wildman–Crippen MR) is 84.2 cm³/mol. The van der Waals surface area contributed by atoms with Crippen molar-refractivity contribution in [2.24, 2.45) is 0 Å². The highest BCUT2D eigenvalue weighted by Crippen LogP contribution is 2.55. The van der Waals surface area contributed by atoms with Crippen LogP contribution in [0, 0.1) is 0 Å². The molecule has 0 aromatic heterocycles. The second-order valence-electron chi connectivity index (χ2n) is 6.08. The van der Waals surface area contributed by atoms with Crippen LogP contribution in [-0.4, -0.2) is 22.2 Å². The van der Waals surface area contributed by atoms with E-state index < -0.39 is 11.9 Å². The molecule has 23 heavy (non-hydrogen) atoms. The minimum absolute atomic E-state index is 0.0120. The van der Waals surface area contributed by atoms with Crippen LogP contribution in [0.2, 0.25) is 0 Å². The molecule has 0 amide bonds. The zero-order chi connectivity index (χ0) is 16.8. The molecule has 2 aromatic rings. The summed E-state index contributed by atoms with van der Waals surface area (Å²) in [5, 5.41) is 18.6. The van der Waals surface area contributed by atoms with Crippen LogP contribution < -0.4 is 5.32 Å². The number of carboxylic acid groups (broad SMARTS) is 2. The van der Waals surface area contributed by atoms with Gasteiger partial charge in [-0.3, -0.25) is 5.32 Å². The molecule has 0 aliphatic carbocycles. The van der Waals surface area contributed by atoms with E-state index in [1.54, 1.807) is 0 Å². The molecule has 0 saturated heterocycles. The van der Waals surface area contributed by atoms with Crippen molar-refractivity contribution >= 4 is 11.9 Å². The van der Waals surface area contributed by atoms with Gasteiger partial charge in [0.15, 0.2) is 0 Å². The van der Waals surface area contributed by atoms with Crippen molar-refractivity contribution in [2.75, 3.05) is 0 Å². The molecular weight excluding hydrogens is 294 g/mol. The standard InChI is InChI=1S/C16H15N.C2H2O4/c1-15-11-7-3-5-9-13(11)16(2,17-15)14-10-6-4-8-12(14)15;3-1(4)2(5)6/h3-10,17H,1-2H3;(H,3,4)(H,5,6). The van der Waals surface area contributed by atoms with Crippen LogP contribution in [0.3, 0.4) is 0 Å². The number of nitrogens with one attached hydrogen (secondary N) is 1. The smallest absolute Gasteiger partial charge is 0.414 e. The minimum Gasteiger partial charge on any atom is -0.473 e. The third kappa shape index (κ3) is 2.04. The van der Waals surface area contributed by atoms with Crippen LogP contribution in [0.1, 0.15) is 36.1 Å². The zero-order valence-corrected chi connectivity index (χ0v) is 12.8. The largest absolute Gasteiger partial charge is 0.473 e. The zero-order valence-electron chi connectivity index (χ0n) is 12.8. The van der Waals surface area contributed by atoms with Crippen LogP contribution in [0.5, 0.6) is 0 Å². The Bertz CT molecular complexity index is 699. The van der Waals surface area contributed by atoms with Gasteiger partial charge in [-0.15, -0.1) is 0 Å². The first-order chi connectivity index (χ1) is 10.8. The summed E-state index contributed by atoms with van der Waals surface area (Å²) in [6.45, 7) is 4.59. The molecule has 0 atom stereocenters. The lowest BCUT2D eigenvalue weighted by Crippen LogP contribution is -2.36. The minimum atomic E-state index is -1.82. The van der Waals surface area contributed by atoms with E-state index in [0.717, 1.165) is 0 Å². The van der Waals surface area contributed by atoms with Crippen LogP contribution in [-0.2, 0) is 20.7 Å². The summed E-state index contributed by atoms with van der Waals surface area (Å²) in [7, 11) is 0. The number of hydrogen-bond acceptors (Lipinski definition) is 3. The fraction of sp³-hybridized carbons (Fsp3) is 0.222. The molecule has 0 unspecified atom stereocenters. The van der Waals surface area contributed by atoms with E-state index in [-0.39, 0.29) is 11.1 Å². The van der Waals surface area contributed by atoms with E-state index in [2.05, 4.69) is 67.7 Å². The Hall–Kier alpha value is -2.66. The first-order valence-corrected chi connectivity index (χ1v) is 7.26. The molecule has 2 aliphatic heterocycles. The summed E-state index contributed by atoms with van der Waals surface area (Å²) in [5.74, 6) is -3.65. The van der Waals surface area contributed by atoms with Crippen LogP contribution in [0.4, 0.5) is 0 Å². The lowest BCUT2D eigenvalue weighted by atomic mass is 9.74. The molecule has 2 heterocycles. The van der Waals surface area contributed by atoms with Gasteiger partial charge in [0.1, 0.15) is 0 Å². The van der Waals surface area contributed by atoms with Crippen molar-refractivity contribution in [3.05, 3.63) is 70.8 Å². The van der Waals surface area contributed by atoms with Gasteiger partial charge in [0.2, 0.25) is 0 Å². The molecule has 4 rings (SSSR count). The molecule has 0 fully saturated rings. The van der Waals surface area contributed by atoms with Crippen molar-refractivity contribution in [3.63, 3.8) is 0 Å². The van der Waals surface area contributed by atoms with E-state index in [9.17, 15) is 0 Å². The fourth-order valence-electron chi connectivity index (χ4n) is 3.77. The van der Waals surface area contributed by atoms with Crippen molar-refractivity contribution < 1.29 is 19.8 Å². The number of carboxylic acids is 2. The van der Waals surface area contributed by atoms with Crippen LogP contribution in [0.15, 0.2) is 48.5 Å². The molecule has 118 valence electrons. The highest BCUT2D eigenvalue weighted by Gasteiger charge is 2.55. The maximum Gasteiger partial charge on any atom is 0.414 e. The quantitative estimate of drug-likeness (QED) is 0.650. The molecule has 5 nitrogen and oxygen atoms in total. The Balaban J connectivity index is 0.000000227. The van der Waals surface area contributed by atoms with Gasteiger partial charge in [-0.2, -0.15) is 0 Å². The van der Waals surface area contributed by atoms with Gasteiger partial charge in [-0.05, 0) is 36.1 Å². The van der Waals surface area contributed by atoms with Gasteiger partial charge in [-0.25, -0.2) is 9.59 Å². The van der Waals surface area contributed by atoms with Crippen LogP contribution in [0.25, 0.3) is 0 Å². The third-order valence-corrected chi connectivity index (χ3v) is 4.69. The Morgan fingerprint density at radius 3 is 1.22 bits per heavy atom. The van der Waals surface area contributed by atoms with Crippen molar-refractivity contribution in [2.45, 2.75) is 24.9 Å². The average molecular weight is 311 g/mol. The lowest BCUT2D eigenvalue weighted by Gasteiger charge is -2.27. The number of rotatable bonds is 0. The number of carbonyl (C=O) groups is 2. The highest BCUT2D eigenvalue weighted by atomic mass is 16.4. The van der Waals surface area contributed by atoms with Gasteiger partial charge >= 0.3 is 11.9 Å². The molecule has 5 heteroatoms. The average Bonchev–Trinajstić information content (AvgIpc) is 2.92. The first-order valence-electron chi connectivity index (χ1n) is 7.26. The maximum atomic E-state index is 9.10. The SMILES string of the molecule is CC12NC(C)(c3ccccc31)c1ccccc12.O=C(O)C(=O)O. The summed E-state index contributed by atoms with van der Waals surface area (Å²) in [4.78, 5) is 18.2. The number of aliphatic carboxylic acids is 2. The topological polar surface area (TPSA) is 86.6 Å². The maximum absolute atomic E-state index is 9.10. The van der Waals surface area contributed by atoms with Crippen molar-refractivity contribution in [1.29, 1.82) is 0 Å².